The Bertz CT molecular complexity index is 688. The predicted octanol–water partition coefficient (Wildman–Crippen LogP) is 2.23. The van der Waals surface area contributed by atoms with Crippen LogP contribution in [-0.4, -0.2) is 40.1 Å². The van der Waals surface area contributed by atoms with Crippen LogP contribution < -0.4 is 5.32 Å². The zero-order valence-corrected chi connectivity index (χ0v) is 13.6. The first-order chi connectivity index (χ1) is 11.8. The topological polar surface area (TPSA) is 71.3 Å². The molecule has 1 saturated carbocycles. The van der Waals surface area contributed by atoms with Crippen LogP contribution in [0.15, 0.2) is 34.7 Å². The first kappa shape index (κ1) is 15.3. The van der Waals surface area contributed by atoms with Gasteiger partial charge < -0.3 is 9.73 Å². The Morgan fingerprint density at radius 2 is 1.88 bits per heavy atom. The van der Waals surface area contributed by atoms with E-state index in [-0.39, 0.29) is 11.8 Å². The van der Waals surface area contributed by atoms with Crippen LogP contribution in [0.2, 0.25) is 0 Å². The third kappa shape index (κ3) is 3.64. The van der Waals surface area contributed by atoms with Crippen molar-refractivity contribution < 1.29 is 9.21 Å². The minimum Gasteiger partial charge on any atom is -0.419 e. The lowest BCUT2D eigenvalue weighted by atomic mass is 9.96. The quantitative estimate of drug-likeness (QED) is 0.912. The van der Waals surface area contributed by atoms with Crippen molar-refractivity contribution in [1.82, 2.24) is 20.4 Å². The zero-order valence-electron chi connectivity index (χ0n) is 13.6. The lowest BCUT2D eigenvalue weighted by Gasteiger charge is -2.30. The van der Waals surface area contributed by atoms with Crippen LogP contribution in [0.4, 0.5) is 0 Å². The molecule has 126 valence electrons. The van der Waals surface area contributed by atoms with Crippen LogP contribution in [0, 0.1) is 5.92 Å². The molecule has 2 aliphatic rings. The molecule has 4 rings (SSSR count). The second-order valence-corrected chi connectivity index (χ2v) is 6.70. The van der Waals surface area contributed by atoms with E-state index in [1.54, 1.807) is 0 Å². The van der Waals surface area contributed by atoms with Crippen molar-refractivity contribution in [3.05, 3.63) is 36.2 Å². The van der Waals surface area contributed by atoms with Crippen LogP contribution in [0.1, 0.15) is 31.6 Å². The Hall–Kier alpha value is -2.21. The molecule has 1 amide bonds. The number of hydrogen-bond donors (Lipinski definition) is 1. The van der Waals surface area contributed by atoms with E-state index < -0.39 is 0 Å². The summed E-state index contributed by atoms with van der Waals surface area (Å²) in [6.07, 6.45) is 4.09. The highest BCUT2D eigenvalue weighted by Crippen LogP contribution is 2.24. The molecule has 2 fully saturated rings. The zero-order chi connectivity index (χ0) is 16.4. The van der Waals surface area contributed by atoms with E-state index >= 15 is 0 Å². The average molecular weight is 326 g/mol. The van der Waals surface area contributed by atoms with Gasteiger partial charge in [-0.15, -0.1) is 10.2 Å². The second kappa shape index (κ2) is 6.73. The highest BCUT2D eigenvalue weighted by Gasteiger charge is 2.30. The lowest BCUT2D eigenvalue weighted by Crippen LogP contribution is -2.40. The van der Waals surface area contributed by atoms with Gasteiger partial charge in [0.25, 0.3) is 0 Å². The number of carbonyl (C=O) groups excluding carboxylic acids is 1. The number of rotatable bonds is 5. The Labute approximate surface area is 141 Å². The summed E-state index contributed by atoms with van der Waals surface area (Å²) in [5.74, 6) is 1.59. The van der Waals surface area contributed by atoms with Crippen molar-refractivity contribution in [1.29, 1.82) is 0 Å². The largest absolute Gasteiger partial charge is 0.419 e. The number of piperidine rings is 1. The molecule has 24 heavy (non-hydrogen) atoms. The van der Waals surface area contributed by atoms with Crippen molar-refractivity contribution in [3.8, 4) is 11.5 Å². The van der Waals surface area contributed by atoms with Crippen molar-refractivity contribution >= 4 is 5.91 Å². The summed E-state index contributed by atoms with van der Waals surface area (Å²) in [6, 6.07) is 10.2. The third-order valence-corrected chi connectivity index (χ3v) is 4.73. The maximum absolute atomic E-state index is 12.1. The van der Waals surface area contributed by atoms with Crippen LogP contribution >= 0.6 is 0 Å². The molecule has 2 aromatic rings. The average Bonchev–Trinajstić information content (AvgIpc) is 3.31. The Morgan fingerprint density at radius 3 is 2.58 bits per heavy atom. The fourth-order valence-corrected chi connectivity index (χ4v) is 3.11. The smallest absolute Gasteiger partial charge is 0.247 e. The molecule has 2 heterocycles. The molecule has 0 radical (unpaired) electrons. The number of nitrogens with one attached hydrogen (secondary N) is 1. The number of benzene rings is 1. The Balaban J connectivity index is 1.29. The van der Waals surface area contributed by atoms with E-state index in [4.69, 9.17) is 4.42 Å². The summed E-state index contributed by atoms with van der Waals surface area (Å²) in [5, 5.41) is 11.4. The summed E-state index contributed by atoms with van der Waals surface area (Å²) in [6.45, 7) is 2.44. The van der Waals surface area contributed by atoms with E-state index in [1.807, 2.05) is 30.3 Å². The third-order valence-electron chi connectivity index (χ3n) is 4.73. The van der Waals surface area contributed by atoms with Gasteiger partial charge in [-0.2, -0.15) is 0 Å². The highest BCUT2D eigenvalue weighted by atomic mass is 16.4. The molecule has 1 aromatic heterocycles. The monoisotopic (exact) mass is 326 g/mol. The van der Waals surface area contributed by atoms with Crippen molar-refractivity contribution in [2.75, 3.05) is 13.1 Å². The van der Waals surface area contributed by atoms with Crippen molar-refractivity contribution in [2.24, 2.45) is 5.92 Å². The molecule has 6 nitrogen and oxygen atoms in total. The fraction of sp³-hybridized carbons (Fsp3) is 0.500. The lowest BCUT2D eigenvalue weighted by molar-refractivity contribution is -0.126. The van der Waals surface area contributed by atoms with Crippen LogP contribution in [0.5, 0.6) is 0 Å². The van der Waals surface area contributed by atoms with Gasteiger partial charge in [0.2, 0.25) is 17.7 Å². The van der Waals surface area contributed by atoms with Gasteiger partial charge in [0.15, 0.2) is 0 Å². The fourth-order valence-electron chi connectivity index (χ4n) is 3.11. The second-order valence-electron chi connectivity index (χ2n) is 6.70. The SMILES string of the molecule is O=C(NC1CC1)C1CCN(Cc2nnc(-c3ccccc3)o2)CC1. The van der Waals surface area contributed by atoms with Gasteiger partial charge in [0.1, 0.15) is 0 Å². The van der Waals surface area contributed by atoms with Gasteiger partial charge in [0.05, 0.1) is 6.54 Å². The van der Waals surface area contributed by atoms with E-state index in [1.165, 1.54) is 0 Å². The first-order valence-corrected chi connectivity index (χ1v) is 8.68. The molecule has 1 aromatic carbocycles. The molecule has 1 aliphatic carbocycles. The summed E-state index contributed by atoms with van der Waals surface area (Å²) in [4.78, 5) is 14.4. The maximum Gasteiger partial charge on any atom is 0.247 e. The van der Waals surface area contributed by atoms with E-state index in [0.29, 0.717) is 24.4 Å². The van der Waals surface area contributed by atoms with Crippen LogP contribution in [0.25, 0.3) is 11.5 Å². The molecule has 1 N–H and O–H groups in total. The minimum absolute atomic E-state index is 0.157. The van der Waals surface area contributed by atoms with E-state index in [0.717, 1.165) is 44.3 Å². The molecule has 1 saturated heterocycles. The number of carbonyl (C=O) groups is 1. The Kier molecular flexibility index (Phi) is 4.30. The molecule has 0 unspecified atom stereocenters. The highest BCUT2D eigenvalue weighted by molar-refractivity contribution is 5.79. The Morgan fingerprint density at radius 1 is 1.12 bits per heavy atom. The first-order valence-electron chi connectivity index (χ1n) is 8.68. The van der Waals surface area contributed by atoms with E-state index in [9.17, 15) is 4.79 Å². The molecule has 0 atom stereocenters. The summed E-state index contributed by atoms with van der Waals surface area (Å²) in [7, 11) is 0. The molecule has 1 aliphatic heterocycles. The van der Waals surface area contributed by atoms with Gasteiger partial charge in [-0.25, -0.2) is 0 Å². The van der Waals surface area contributed by atoms with Crippen molar-refractivity contribution in [2.45, 2.75) is 38.3 Å². The molecule has 6 heteroatoms. The van der Waals surface area contributed by atoms with Crippen LogP contribution in [-0.2, 0) is 11.3 Å². The van der Waals surface area contributed by atoms with Gasteiger partial charge in [-0.3, -0.25) is 9.69 Å². The molecular formula is C18H22N4O2. The van der Waals surface area contributed by atoms with Gasteiger partial charge in [-0.1, -0.05) is 18.2 Å². The van der Waals surface area contributed by atoms with E-state index in [2.05, 4.69) is 20.4 Å². The van der Waals surface area contributed by atoms with Gasteiger partial charge in [-0.05, 0) is 50.9 Å². The number of hydrogen-bond acceptors (Lipinski definition) is 5. The molecule has 0 spiro atoms. The minimum atomic E-state index is 0.157. The standard InChI is InChI=1S/C18H22N4O2/c23-17(19-15-6-7-15)13-8-10-22(11-9-13)12-16-20-21-18(24-16)14-4-2-1-3-5-14/h1-5,13,15H,6-12H2,(H,19,23). The van der Waals surface area contributed by atoms with Crippen molar-refractivity contribution in [3.63, 3.8) is 0 Å². The number of aromatic nitrogens is 2. The van der Waals surface area contributed by atoms with Gasteiger partial charge >= 0.3 is 0 Å². The summed E-state index contributed by atoms with van der Waals surface area (Å²) < 4.78 is 5.76. The number of amides is 1. The maximum atomic E-state index is 12.1. The normalized spacial score (nSPS) is 19.3. The van der Waals surface area contributed by atoms with Crippen LogP contribution in [0.3, 0.4) is 0 Å². The molecule has 0 bridgehead atoms. The summed E-state index contributed by atoms with van der Waals surface area (Å²) >= 11 is 0. The molecular weight excluding hydrogens is 304 g/mol. The van der Waals surface area contributed by atoms with Gasteiger partial charge in [0, 0.05) is 17.5 Å². The number of nitrogens with zero attached hydrogens (tertiary/aromatic N) is 3. The predicted molar refractivity (Wildman–Crippen MR) is 88.9 cm³/mol. The summed E-state index contributed by atoms with van der Waals surface area (Å²) in [5.41, 5.74) is 0.937. The number of likely N-dealkylation sites (tertiary alicyclic amines) is 1.